The van der Waals surface area contributed by atoms with E-state index in [0.29, 0.717) is 29.4 Å². The Bertz CT molecular complexity index is 1180. The molecule has 29 heavy (non-hydrogen) atoms. The molecule has 0 amide bonds. The van der Waals surface area contributed by atoms with Gasteiger partial charge in [-0.1, -0.05) is 26.0 Å². The Labute approximate surface area is 169 Å². The second kappa shape index (κ2) is 7.75. The maximum Gasteiger partial charge on any atom is 0.208 e. The molecule has 146 valence electrons. The van der Waals surface area contributed by atoms with Crippen LogP contribution in [-0.4, -0.2) is 20.8 Å². The van der Waals surface area contributed by atoms with E-state index in [-0.39, 0.29) is 0 Å². The molecule has 0 fully saturated rings. The van der Waals surface area contributed by atoms with Crippen LogP contribution in [0.3, 0.4) is 0 Å². The lowest BCUT2D eigenvalue weighted by Crippen LogP contribution is -1.99. The van der Waals surface area contributed by atoms with Gasteiger partial charge in [0.25, 0.3) is 0 Å². The summed E-state index contributed by atoms with van der Waals surface area (Å²) >= 11 is 0. The molecule has 4 aromatic rings. The van der Waals surface area contributed by atoms with E-state index < -0.39 is 0 Å². The smallest absolute Gasteiger partial charge is 0.208 e. The Morgan fingerprint density at radius 2 is 1.90 bits per heavy atom. The molecule has 0 bridgehead atoms. The van der Waals surface area contributed by atoms with Gasteiger partial charge in [0, 0.05) is 31.1 Å². The standard InChI is InChI=1S/C23H22N4O2/c1-15(2)16-5-4-6-17(11-16)25-23-26-21-13-19(7-8-22(21)27(23)3)29-20-9-10-24-18(12-20)14-28/h4-15H,1-3H3,(H,25,26). The molecule has 4 rings (SSSR count). The third-order valence-electron chi connectivity index (χ3n) is 4.77. The van der Waals surface area contributed by atoms with Crippen molar-refractivity contribution in [3.63, 3.8) is 0 Å². The summed E-state index contributed by atoms with van der Waals surface area (Å²) in [5.41, 5.74) is 4.41. The fourth-order valence-corrected chi connectivity index (χ4v) is 3.15. The minimum atomic E-state index is 0.330. The third kappa shape index (κ3) is 3.96. The fraction of sp³-hybridized carbons (Fsp3) is 0.174. The van der Waals surface area contributed by atoms with Crippen molar-refractivity contribution < 1.29 is 9.53 Å². The van der Waals surface area contributed by atoms with Crippen molar-refractivity contribution in [2.45, 2.75) is 19.8 Å². The Balaban J connectivity index is 1.61. The molecule has 2 aromatic heterocycles. The van der Waals surface area contributed by atoms with Crippen LogP contribution >= 0.6 is 0 Å². The lowest BCUT2D eigenvalue weighted by molar-refractivity contribution is 0.111. The first-order valence-electron chi connectivity index (χ1n) is 9.46. The zero-order valence-electron chi connectivity index (χ0n) is 16.6. The number of rotatable bonds is 6. The summed E-state index contributed by atoms with van der Waals surface area (Å²) in [4.78, 5) is 19.6. The van der Waals surface area contributed by atoms with Gasteiger partial charge in [-0.2, -0.15) is 0 Å². The average molecular weight is 386 g/mol. The number of benzene rings is 2. The molecule has 0 saturated carbocycles. The van der Waals surface area contributed by atoms with Crippen LogP contribution in [0.1, 0.15) is 35.8 Å². The van der Waals surface area contributed by atoms with Crippen LogP contribution in [0.5, 0.6) is 11.5 Å². The quantitative estimate of drug-likeness (QED) is 0.447. The summed E-state index contributed by atoms with van der Waals surface area (Å²) in [6.07, 6.45) is 2.24. The van der Waals surface area contributed by atoms with E-state index in [4.69, 9.17) is 9.72 Å². The lowest BCUT2D eigenvalue weighted by Gasteiger charge is -2.10. The lowest BCUT2D eigenvalue weighted by atomic mass is 10.0. The zero-order valence-corrected chi connectivity index (χ0v) is 16.6. The molecule has 1 N–H and O–H groups in total. The van der Waals surface area contributed by atoms with E-state index in [1.165, 1.54) is 5.56 Å². The van der Waals surface area contributed by atoms with Crippen LogP contribution < -0.4 is 10.1 Å². The van der Waals surface area contributed by atoms with E-state index in [9.17, 15) is 4.79 Å². The molecule has 0 aliphatic rings. The summed E-state index contributed by atoms with van der Waals surface area (Å²) in [6, 6.07) is 17.4. The maximum absolute atomic E-state index is 10.9. The van der Waals surface area contributed by atoms with Crippen molar-refractivity contribution in [2.24, 2.45) is 7.05 Å². The molecule has 2 aromatic carbocycles. The number of ether oxygens (including phenoxy) is 1. The number of carbonyl (C=O) groups is 1. The van der Waals surface area contributed by atoms with Crippen LogP contribution in [0.2, 0.25) is 0 Å². The number of pyridine rings is 1. The third-order valence-corrected chi connectivity index (χ3v) is 4.77. The highest BCUT2D eigenvalue weighted by molar-refractivity contribution is 5.81. The van der Waals surface area contributed by atoms with Gasteiger partial charge in [0.2, 0.25) is 5.95 Å². The highest BCUT2D eigenvalue weighted by Gasteiger charge is 2.10. The minimum Gasteiger partial charge on any atom is -0.457 e. The Morgan fingerprint density at radius 1 is 1.07 bits per heavy atom. The van der Waals surface area contributed by atoms with Crippen molar-refractivity contribution in [3.05, 3.63) is 72.1 Å². The van der Waals surface area contributed by atoms with Crippen LogP contribution in [0.4, 0.5) is 11.6 Å². The number of hydrogen-bond acceptors (Lipinski definition) is 5. The molecule has 0 radical (unpaired) electrons. The number of nitrogens with zero attached hydrogens (tertiary/aromatic N) is 3. The maximum atomic E-state index is 10.9. The molecule has 0 spiro atoms. The normalized spacial score (nSPS) is 11.0. The van der Waals surface area contributed by atoms with Crippen molar-refractivity contribution >= 4 is 29.0 Å². The highest BCUT2D eigenvalue weighted by atomic mass is 16.5. The van der Waals surface area contributed by atoms with Gasteiger partial charge in [0.1, 0.15) is 17.2 Å². The topological polar surface area (TPSA) is 69.0 Å². The van der Waals surface area contributed by atoms with Gasteiger partial charge in [-0.05, 0) is 41.8 Å². The van der Waals surface area contributed by atoms with Crippen molar-refractivity contribution in [1.29, 1.82) is 0 Å². The molecule has 6 heteroatoms. The summed E-state index contributed by atoms with van der Waals surface area (Å²) in [7, 11) is 1.98. The molecule has 0 saturated heterocycles. The molecule has 0 aliphatic carbocycles. The van der Waals surface area contributed by atoms with E-state index in [1.54, 1.807) is 18.3 Å². The van der Waals surface area contributed by atoms with E-state index in [2.05, 4.69) is 42.3 Å². The van der Waals surface area contributed by atoms with E-state index >= 15 is 0 Å². The van der Waals surface area contributed by atoms with Crippen molar-refractivity contribution in [1.82, 2.24) is 14.5 Å². The predicted molar refractivity (Wildman–Crippen MR) is 114 cm³/mol. The summed E-state index contributed by atoms with van der Waals surface area (Å²) in [6.45, 7) is 4.35. The van der Waals surface area contributed by atoms with Gasteiger partial charge >= 0.3 is 0 Å². The van der Waals surface area contributed by atoms with Gasteiger partial charge in [0.05, 0.1) is 11.0 Å². The van der Waals surface area contributed by atoms with Crippen LogP contribution in [-0.2, 0) is 7.05 Å². The minimum absolute atomic E-state index is 0.330. The molecule has 2 heterocycles. The molecular weight excluding hydrogens is 364 g/mol. The zero-order chi connectivity index (χ0) is 20.4. The summed E-state index contributed by atoms with van der Waals surface area (Å²) in [5, 5.41) is 3.41. The Morgan fingerprint density at radius 3 is 2.69 bits per heavy atom. The predicted octanol–water partition coefficient (Wildman–Crippen LogP) is 5.44. The van der Waals surface area contributed by atoms with E-state index in [1.807, 2.05) is 35.9 Å². The number of aryl methyl sites for hydroxylation is 1. The number of carbonyl (C=O) groups excluding carboxylic acids is 1. The molecule has 0 atom stereocenters. The van der Waals surface area contributed by atoms with Crippen molar-refractivity contribution in [3.8, 4) is 11.5 Å². The molecule has 0 aliphatic heterocycles. The molecular formula is C23H22N4O2. The van der Waals surface area contributed by atoms with Gasteiger partial charge < -0.3 is 14.6 Å². The van der Waals surface area contributed by atoms with Crippen LogP contribution in [0.15, 0.2) is 60.8 Å². The number of nitrogens with one attached hydrogen (secondary N) is 1. The first-order valence-corrected chi connectivity index (χ1v) is 9.46. The first kappa shape index (κ1) is 18.7. The summed E-state index contributed by atoms with van der Waals surface area (Å²) in [5.74, 6) is 2.42. The number of aldehydes is 1. The molecule has 0 unspecified atom stereocenters. The van der Waals surface area contributed by atoms with Gasteiger partial charge in [0.15, 0.2) is 6.29 Å². The largest absolute Gasteiger partial charge is 0.457 e. The van der Waals surface area contributed by atoms with Gasteiger partial charge in [-0.3, -0.25) is 9.78 Å². The number of hydrogen-bond donors (Lipinski definition) is 1. The van der Waals surface area contributed by atoms with Crippen molar-refractivity contribution in [2.75, 3.05) is 5.32 Å². The molecule has 6 nitrogen and oxygen atoms in total. The number of fused-ring (bicyclic) bond motifs is 1. The Kier molecular flexibility index (Phi) is 4.99. The average Bonchev–Trinajstić information content (AvgIpc) is 3.03. The Hall–Kier alpha value is -3.67. The van der Waals surface area contributed by atoms with Gasteiger partial charge in [-0.25, -0.2) is 4.98 Å². The number of imidazole rings is 1. The summed E-state index contributed by atoms with van der Waals surface area (Å²) < 4.78 is 7.88. The number of anilines is 2. The second-order valence-corrected chi connectivity index (χ2v) is 7.19. The highest BCUT2D eigenvalue weighted by Crippen LogP contribution is 2.28. The first-order chi connectivity index (χ1) is 14.0. The monoisotopic (exact) mass is 386 g/mol. The second-order valence-electron chi connectivity index (χ2n) is 7.19. The number of aromatic nitrogens is 3. The van der Waals surface area contributed by atoms with Crippen LogP contribution in [0, 0.1) is 0 Å². The fourth-order valence-electron chi connectivity index (χ4n) is 3.15. The van der Waals surface area contributed by atoms with E-state index in [0.717, 1.165) is 22.7 Å². The SMILES string of the molecule is CC(C)c1cccc(Nc2nc3cc(Oc4ccnc(C=O)c4)ccc3n2C)c1. The van der Waals surface area contributed by atoms with Crippen LogP contribution in [0.25, 0.3) is 11.0 Å². The van der Waals surface area contributed by atoms with Gasteiger partial charge in [-0.15, -0.1) is 0 Å².